The van der Waals surface area contributed by atoms with Crippen molar-refractivity contribution in [3.8, 4) is 0 Å². The molecule has 0 aliphatic heterocycles. The number of ether oxygens (including phenoxy) is 2. The molecule has 6 nitrogen and oxygen atoms in total. The first-order valence-electron chi connectivity index (χ1n) is 7.32. The number of nitrogens with one attached hydrogen (secondary N) is 1. The van der Waals surface area contributed by atoms with Gasteiger partial charge < -0.3 is 26.3 Å². The van der Waals surface area contributed by atoms with Crippen LogP contribution in [0.2, 0.25) is 0 Å². The van der Waals surface area contributed by atoms with Crippen LogP contribution in [0.15, 0.2) is 4.99 Å². The van der Waals surface area contributed by atoms with Crippen molar-refractivity contribution in [1.29, 1.82) is 0 Å². The van der Waals surface area contributed by atoms with Gasteiger partial charge in [0.2, 0.25) is 0 Å². The minimum Gasteiger partial charge on any atom is -0.379 e. The highest BCUT2D eigenvalue weighted by Gasteiger charge is 2.17. The molecule has 0 unspecified atom stereocenters. The Balaban J connectivity index is 3.77. The van der Waals surface area contributed by atoms with Crippen molar-refractivity contribution in [1.82, 2.24) is 5.32 Å². The van der Waals surface area contributed by atoms with E-state index >= 15 is 0 Å². The zero-order valence-electron chi connectivity index (χ0n) is 13.3. The van der Waals surface area contributed by atoms with E-state index in [1.54, 1.807) is 0 Å². The minimum absolute atomic E-state index is 0.0117. The van der Waals surface area contributed by atoms with Crippen molar-refractivity contribution in [2.24, 2.45) is 16.5 Å². The number of hydrogen-bond acceptors (Lipinski definition) is 6. The standard InChI is InChI=1S/C14H32N4O2/c1-13(17-6-10-19-8-4-15)12-14(2,3)18-7-11-20-9-5-16/h18H,4-12,15-16H2,1-3H3. The van der Waals surface area contributed by atoms with Crippen LogP contribution >= 0.6 is 0 Å². The van der Waals surface area contributed by atoms with Crippen molar-refractivity contribution in [2.45, 2.75) is 32.7 Å². The summed E-state index contributed by atoms with van der Waals surface area (Å²) in [6, 6.07) is 0. The molecule has 5 N–H and O–H groups in total. The van der Waals surface area contributed by atoms with Crippen molar-refractivity contribution < 1.29 is 9.47 Å². The lowest BCUT2D eigenvalue weighted by molar-refractivity contribution is 0.137. The highest BCUT2D eigenvalue weighted by molar-refractivity contribution is 5.82. The molecule has 120 valence electrons. The molecule has 0 saturated carbocycles. The summed E-state index contributed by atoms with van der Waals surface area (Å²) in [6.07, 6.45) is 0.904. The van der Waals surface area contributed by atoms with Crippen LogP contribution in [0.1, 0.15) is 27.2 Å². The molecule has 0 aromatic carbocycles. The van der Waals surface area contributed by atoms with Crippen LogP contribution in [0.3, 0.4) is 0 Å². The zero-order valence-corrected chi connectivity index (χ0v) is 13.3. The second-order valence-corrected chi connectivity index (χ2v) is 5.41. The lowest BCUT2D eigenvalue weighted by Gasteiger charge is -2.26. The van der Waals surface area contributed by atoms with Crippen LogP contribution in [0.4, 0.5) is 0 Å². The first-order valence-corrected chi connectivity index (χ1v) is 7.32. The fourth-order valence-electron chi connectivity index (χ4n) is 1.89. The predicted octanol–water partition coefficient (Wildman–Crippen LogP) is 0.156. The maximum absolute atomic E-state index is 5.36. The molecule has 0 aliphatic carbocycles. The Morgan fingerprint density at radius 3 is 2.25 bits per heavy atom. The van der Waals surface area contributed by atoms with Crippen LogP contribution in [0.5, 0.6) is 0 Å². The summed E-state index contributed by atoms with van der Waals surface area (Å²) >= 11 is 0. The summed E-state index contributed by atoms with van der Waals surface area (Å²) in [5, 5.41) is 3.47. The number of rotatable bonds is 13. The summed E-state index contributed by atoms with van der Waals surface area (Å²) in [5.74, 6) is 0. The highest BCUT2D eigenvalue weighted by atomic mass is 16.5. The van der Waals surface area contributed by atoms with Gasteiger partial charge in [-0.3, -0.25) is 4.99 Å². The van der Waals surface area contributed by atoms with Crippen LogP contribution in [-0.2, 0) is 9.47 Å². The number of nitrogens with two attached hydrogens (primary N) is 2. The van der Waals surface area contributed by atoms with E-state index < -0.39 is 0 Å². The van der Waals surface area contributed by atoms with Crippen LogP contribution in [0, 0.1) is 0 Å². The fraction of sp³-hybridized carbons (Fsp3) is 0.929. The number of hydrogen-bond donors (Lipinski definition) is 3. The second kappa shape index (κ2) is 12.2. The second-order valence-electron chi connectivity index (χ2n) is 5.41. The molecule has 0 rings (SSSR count). The molecule has 0 aromatic rings. The van der Waals surface area contributed by atoms with Crippen molar-refractivity contribution in [2.75, 3.05) is 52.6 Å². The van der Waals surface area contributed by atoms with E-state index in [2.05, 4.69) is 31.1 Å². The molecule has 0 spiro atoms. The Kier molecular flexibility index (Phi) is 11.9. The quantitative estimate of drug-likeness (QED) is 0.331. The van der Waals surface area contributed by atoms with Gasteiger partial charge in [0.1, 0.15) is 0 Å². The van der Waals surface area contributed by atoms with E-state index in [1.807, 2.05) is 0 Å². The topological polar surface area (TPSA) is 94.9 Å². The van der Waals surface area contributed by atoms with Gasteiger partial charge in [-0.15, -0.1) is 0 Å². The lowest BCUT2D eigenvalue weighted by atomic mass is 9.98. The fourth-order valence-corrected chi connectivity index (χ4v) is 1.89. The van der Waals surface area contributed by atoms with Gasteiger partial charge in [-0.25, -0.2) is 0 Å². The third kappa shape index (κ3) is 12.5. The molecule has 6 heteroatoms. The van der Waals surface area contributed by atoms with Gasteiger partial charge >= 0.3 is 0 Å². The SMILES string of the molecule is CC(CC(C)(C)NCCOCCN)=NCCOCCN. The first-order chi connectivity index (χ1) is 9.52. The maximum atomic E-state index is 5.36. The Bertz CT molecular complexity index is 258. The van der Waals surface area contributed by atoms with Gasteiger partial charge in [0.25, 0.3) is 0 Å². The van der Waals surface area contributed by atoms with E-state index in [-0.39, 0.29) is 5.54 Å². The molecular formula is C14H32N4O2. The summed E-state index contributed by atoms with van der Waals surface area (Å²) in [7, 11) is 0. The molecule has 0 heterocycles. The number of nitrogens with zero attached hydrogens (tertiary/aromatic N) is 1. The number of aliphatic imine (C=N–C) groups is 1. The van der Waals surface area contributed by atoms with Gasteiger partial charge in [-0.1, -0.05) is 0 Å². The molecule has 0 radical (unpaired) electrons. The van der Waals surface area contributed by atoms with E-state index in [4.69, 9.17) is 20.9 Å². The average molecular weight is 288 g/mol. The maximum Gasteiger partial charge on any atom is 0.0662 e. The average Bonchev–Trinajstić information content (AvgIpc) is 2.37. The molecule has 0 saturated heterocycles. The molecule has 0 aromatic heterocycles. The van der Waals surface area contributed by atoms with Crippen LogP contribution < -0.4 is 16.8 Å². The van der Waals surface area contributed by atoms with E-state index in [9.17, 15) is 0 Å². The summed E-state index contributed by atoms with van der Waals surface area (Å²) in [4.78, 5) is 4.50. The molecule has 0 fully saturated rings. The van der Waals surface area contributed by atoms with Crippen LogP contribution in [-0.4, -0.2) is 63.9 Å². The smallest absolute Gasteiger partial charge is 0.0662 e. The molecule has 0 bridgehead atoms. The van der Waals surface area contributed by atoms with Crippen molar-refractivity contribution >= 4 is 5.71 Å². The third-order valence-electron chi connectivity index (χ3n) is 2.69. The van der Waals surface area contributed by atoms with Gasteiger partial charge in [0.05, 0.1) is 33.0 Å². The molecular weight excluding hydrogens is 256 g/mol. The first kappa shape index (κ1) is 19.5. The lowest BCUT2D eigenvalue weighted by Crippen LogP contribution is -2.42. The van der Waals surface area contributed by atoms with E-state index in [0.717, 1.165) is 18.7 Å². The van der Waals surface area contributed by atoms with Crippen LogP contribution in [0.25, 0.3) is 0 Å². The summed E-state index contributed by atoms with van der Waals surface area (Å²) in [6.45, 7) is 11.6. The van der Waals surface area contributed by atoms with E-state index in [0.29, 0.717) is 46.1 Å². The monoisotopic (exact) mass is 288 g/mol. The third-order valence-corrected chi connectivity index (χ3v) is 2.69. The van der Waals surface area contributed by atoms with E-state index in [1.165, 1.54) is 0 Å². The largest absolute Gasteiger partial charge is 0.379 e. The molecule has 0 aliphatic rings. The Labute approximate surface area is 123 Å². The zero-order chi connectivity index (χ0) is 15.3. The highest BCUT2D eigenvalue weighted by Crippen LogP contribution is 2.09. The van der Waals surface area contributed by atoms with Gasteiger partial charge in [0.15, 0.2) is 0 Å². The minimum atomic E-state index is 0.0117. The summed E-state index contributed by atoms with van der Waals surface area (Å²) < 4.78 is 10.6. The predicted molar refractivity (Wildman–Crippen MR) is 84.4 cm³/mol. The molecule has 0 amide bonds. The van der Waals surface area contributed by atoms with Crippen molar-refractivity contribution in [3.05, 3.63) is 0 Å². The van der Waals surface area contributed by atoms with Crippen molar-refractivity contribution in [3.63, 3.8) is 0 Å². The van der Waals surface area contributed by atoms with Gasteiger partial charge in [0, 0.05) is 37.3 Å². The molecule has 0 atom stereocenters. The summed E-state index contributed by atoms with van der Waals surface area (Å²) in [5.41, 5.74) is 11.8. The Hall–Kier alpha value is -0.530. The molecule has 20 heavy (non-hydrogen) atoms. The van der Waals surface area contributed by atoms with Gasteiger partial charge in [-0.2, -0.15) is 0 Å². The Morgan fingerprint density at radius 2 is 1.65 bits per heavy atom. The van der Waals surface area contributed by atoms with Gasteiger partial charge in [-0.05, 0) is 20.8 Å². The Morgan fingerprint density at radius 1 is 1.05 bits per heavy atom. The normalized spacial score (nSPS) is 12.9.